The van der Waals surface area contributed by atoms with Crippen LogP contribution in [0.3, 0.4) is 0 Å². The van der Waals surface area contributed by atoms with E-state index >= 15 is 0 Å². The number of nitrogens with one attached hydrogen (secondary N) is 1. The molecule has 134 valence electrons. The number of amides is 2. The summed E-state index contributed by atoms with van der Waals surface area (Å²) in [7, 11) is 0. The molecule has 0 spiro atoms. The van der Waals surface area contributed by atoms with Gasteiger partial charge in [0.2, 0.25) is 11.8 Å². The summed E-state index contributed by atoms with van der Waals surface area (Å²) in [5.41, 5.74) is 1.75. The second-order valence-electron chi connectivity index (χ2n) is 6.19. The highest BCUT2D eigenvalue weighted by Crippen LogP contribution is 2.28. The third-order valence-electron chi connectivity index (χ3n) is 4.44. The third-order valence-corrected chi connectivity index (χ3v) is 5.19. The van der Waals surface area contributed by atoms with Crippen LogP contribution in [0.4, 0.5) is 11.4 Å². The maximum Gasteiger partial charge on any atom is 0.229 e. The summed E-state index contributed by atoms with van der Waals surface area (Å²) in [6.07, 6.45) is 2.16. The number of carbonyl (C=O) groups excluding carboxylic acids is 3. The lowest BCUT2D eigenvalue weighted by Crippen LogP contribution is -2.28. The average molecular weight is 368 g/mol. The number of nitrogens with zero attached hydrogens (tertiary/aromatic N) is 1. The Balaban J connectivity index is 1.72. The van der Waals surface area contributed by atoms with E-state index in [9.17, 15) is 14.4 Å². The lowest BCUT2D eigenvalue weighted by Gasteiger charge is -2.17. The number of hydrogen-bond donors (Lipinski definition) is 1. The van der Waals surface area contributed by atoms with Crippen LogP contribution >= 0.6 is 11.8 Å². The van der Waals surface area contributed by atoms with Gasteiger partial charge in [-0.15, -0.1) is 11.8 Å². The molecule has 26 heavy (non-hydrogen) atoms. The molecule has 2 aromatic carbocycles. The minimum absolute atomic E-state index is 0.0677. The average Bonchev–Trinajstić information content (AvgIpc) is 3.04. The van der Waals surface area contributed by atoms with Crippen molar-refractivity contribution in [2.24, 2.45) is 5.92 Å². The summed E-state index contributed by atoms with van der Waals surface area (Å²) in [5, 5.41) is 2.80. The van der Waals surface area contributed by atoms with Gasteiger partial charge in [-0.3, -0.25) is 14.4 Å². The van der Waals surface area contributed by atoms with Crippen LogP contribution in [0.2, 0.25) is 0 Å². The van der Waals surface area contributed by atoms with Crippen molar-refractivity contribution in [3.8, 4) is 0 Å². The predicted molar refractivity (Wildman–Crippen MR) is 104 cm³/mol. The molecule has 0 aliphatic carbocycles. The first-order valence-corrected chi connectivity index (χ1v) is 9.57. The number of Topliss-reactive ketones (excluding diaryl/α,β-unsaturated/α-hetero) is 1. The molecule has 1 aliphatic rings. The summed E-state index contributed by atoms with van der Waals surface area (Å²) in [6.45, 7) is 1.80. The second-order valence-corrected chi connectivity index (χ2v) is 7.07. The Labute approximate surface area is 156 Å². The molecule has 0 saturated carbocycles. The molecule has 5 nitrogen and oxygen atoms in total. The number of benzene rings is 2. The summed E-state index contributed by atoms with van der Waals surface area (Å²) in [6, 6.07) is 14.6. The summed E-state index contributed by atoms with van der Waals surface area (Å²) >= 11 is 1.64. The van der Waals surface area contributed by atoms with Crippen molar-refractivity contribution in [1.82, 2.24) is 0 Å². The fraction of sp³-hybridized carbons (Fsp3) is 0.250. The Hall–Kier alpha value is -2.60. The zero-order chi connectivity index (χ0) is 18.7. The lowest BCUT2D eigenvalue weighted by atomic mass is 10.1. The molecule has 1 saturated heterocycles. The molecular weight excluding hydrogens is 348 g/mol. The minimum Gasteiger partial charge on any atom is -0.325 e. The summed E-state index contributed by atoms with van der Waals surface area (Å²) in [5.74, 6) is -0.862. The van der Waals surface area contributed by atoms with Gasteiger partial charge in [0, 0.05) is 29.1 Å². The molecule has 2 aromatic rings. The zero-order valence-corrected chi connectivity index (χ0v) is 15.5. The second kappa shape index (κ2) is 7.74. The van der Waals surface area contributed by atoms with E-state index in [1.807, 2.05) is 30.5 Å². The molecule has 0 radical (unpaired) electrons. The Kier molecular flexibility index (Phi) is 5.42. The van der Waals surface area contributed by atoms with E-state index in [-0.39, 0.29) is 24.0 Å². The molecule has 3 rings (SSSR count). The fourth-order valence-corrected chi connectivity index (χ4v) is 3.44. The smallest absolute Gasteiger partial charge is 0.229 e. The van der Waals surface area contributed by atoms with Crippen molar-refractivity contribution in [2.75, 3.05) is 23.0 Å². The Morgan fingerprint density at radius 3 is 2.46 bits per heavy atom. The van der Waals surface area contributed by atoms with Crippen LogP contribution in [-0.2, 0) is 9.59 Å². The van der Waals surface area contributed by atoms with Crippen LogP contribution in [0, 0.1) is 5.92 Å². The monoisotopic (exact) mass is 368 g/mol. The van der Waals surface area contributed by atoms with E-state index in [0.29, 0.717) is 17.8 Å². The molecule has 1 unspecified atom stereocenters. The van der Waals surface area contributed by atoms with Gasteiger partial charge >= 0.3 is 0 Å². The molecule has 1 atom stereocenters. The number of anilines is 2. The van der Waals surface area contributed by atoms with E-state index in [1.165, 1.54) is 6.92 Å². The van der Waals surface area contributed by atoms with Crippen molar-refractivity contribution in [2.45, 2.75) is 18.2 Å². The first-order valence-electron chi connectivity index (χ1n) is 8.35. The number of para-hydroxylation sites is 1. The van der Waals surface area contributed by atoms with Crippen LogP contribution in [-0.4, -0.2) is 30.4 Å². The van der Waals surface area contributed by atoms with Gasteiger partial charge < -0.3 is 10.2 Å². The molecule has 0 bridgehead atoms. The van der Waals surface area contributed by atoms with Crippen LogP contribution in [0.25, 0.3) is 0 Å². The van der Waals surface area contributed by atoms with Gasteiger partial charge in [0.15, 0.2) is 5.78 Å². The number of ketones is 1. The van der Waals surface area contributed by atoms with Crippen LogP contribution in [0.5, 0.6) is 0 Å². The predicted octanol–water partition coefficient (Wildman–Crippen LogP) is 3.60. The normalized spacial score (nSPS) is 16.6. The molecule has 6 heteroatoms. The van der Waals surface area contributed by atoms with E-state index in [0.717, 1.165) is 10.6 Å². The number of hydrogen-bond acceptors (Lipinski definition) is 4. The standard InChI is InChI=1S/C20H20N2O3S/c1-13(23)17-5-3-4-6-18(17)21-20(25)14-11-19(24)22(12-14)15-7-9-16(26-2)10-8-15/h3-10,14H,11-12H2,1-2H3,(H,21,25). The molecule has 2 amide bonds. The topological polar surface area (TPSA) is 66.5 Å². The molecule has 1 fully saturated rings. The van der Waals surface area contributed by atoms with Crippen LogP contribution in [0.15, 0.2) is 53.4 Å². The minimum atomic E-state index is -0.442. The van der Waals surface area contributed by atoms with Gasteiger partial charge in [-0.2, -0.15) is 0 Å². The number of rotatable bonds is 5. The van der Waals surface area contributed by atoms with E-state index < -0.39 is 5.92 Å². The van der Waals surface area contributed by atoms with Crippen molar-refractivity contribution >= 4 is 40.7 Å². The van der Waals surface area contributed by atoms with Gasteiger partial charge in [-0.05, 0) is 49.6 Å². The Bertz CT molecular complexity index is 848. The van der Waals surface area contributed by atoms with Gasteiger partial charge in [-0.25, -0.2) is 0 Å². The largest absolute Gasteiger partial charge is 0.325 e. The van der Waals surface area contributed by atoms with E-state index in [4.69, 9.17) is 0 Å². The van der Waals surface area contributed by atoms with Crippen molar-refractivity contribution in [1.29, 1.82) is 0 Å². The molecule has 1 aliphatic heterocycles. The molecule has 0 aromatic heterocycles. The van der Waals surface area contributed by atoms with Gasteiger partial charge in [0.05, 0.1) is 11.6 Å². The summed E-state index contributed by atoms with van der Waals surface area (Å²) < 4.78 is 0. The summed E-state index contributed by atoms with van der Waals surface area (Å²) in [4.78, 5) is 39.4. The maximum atomic E-state index is 12.6. The molecular formula is C20H20N2O3S. The van der Waals surface area contributed by atoms with Gasteiger partial charge in [-0.1, -0.05) is 12.1 Å². The maximum absolute atomic E-state index is 12.6. The van der Waals surface area contributed by atoms with Crippen molar-refractivity contribution in [3.63, 3.8) is 0 Å². The van der Waals surface area contributed by atoms with Gasteiger partial charge in [0.1, 0.15) is 0 Å². The first-order chi connectivity index (χ1) is 12.5. The fourth-order valence-electron chi connectivity index (χ4n) is 3.03. The highest BCUT2D eigenvalue weighted by Gasteiger charge is 2.35. The van der Waals surface area contributed by atoms with Crippen molar-refractivity contribution < 1.29 is 14.4 Å². The Morgan fingerprint density at radius 1 is 1.12 bits per heavy atom. The Morgan fingerprint density at radius 2 is 1.81 bits per heavy atom. The van der Waals surface area contributed by atoms with Crippen LogP contribution in [0.1, 0.15) is 23.7 Å². The quantitative estimate of drug-likeness (QED) is 0.647. The SMILES string of the molecule is CSc1ccc(N2CC(C(=O)Nc3ccccc3C(C)=O)CC2=O)cc1. The first kappa shape index (κ1) is 18.2. The van der Waals surface area contributed by atoms with E-state index in [1.54, 1.807) is 40.9 Å². The highest BCUT2D eigenvalue weighted by molar-refractivity contribution is 7.98. The highest BCUT2D eigenvalue weighted by atomic mass is 32.2. The van der Waals surface area contributed by atoms with Gasteiger partial charge in [0.25, 0.3) is 0 Å². The lowest BCUT2D eigenvalue weighted by molar-refractivity contribution is -0.122. The van der Waals surface area contributed by atoms with Crippen molar-refractivity contribution in [3.05, 3.63) is 54.1 Å². The molecule has 1 N–H and O–H groups in total. The van der Waals surface area contributed by atoms with E-state index in [2.05, 4.69) is 5.32 Å². The number of thioether (sulfide) groups is 1. The zero-order valence-electron chi connectivity index (χ0n) is 14.7. The number of carbonyl (C=O) groups is 3. The van der Waals surface area contributed by atoms with Crippen LogP contribution < -0.4 is 10.2 Å². The molecule has 1 heterocycles. The third kappa shape index (κ3) is 3.80.